The van der Waals surface area contributed by atoms with Gasteiger partial charge in [-0.05, 0) is 54.7 Å². The van der Waals surface area contributed by atoms with E-state index in [-0.39, 0.29) is 5.82 Å². The minimum absolute atomic E-state index is 0.237. The molecule has 5 nitrogen and oxygen atoms in total. The van der Waals surface area contributed by atoms with Crippen molar-refractivity contribution in [3.8, 4) is 11.5 Å². The molecule has 0 saturated carbocycles. The van der Waals surface area contributed by atoms with Gasteiger partial charge in [0.1, 0.15) is 11.6 Å². The second-order valence-electron chi connectivity index (χ2n) is 7.08. The molecule has 2 heterocycles. The normalized spacial score (nSPS) is 10.8. The van der Waals surface area contributed by atoms with Gasteiger partial charge in [0.2, 0.25) is 11.8 Å². The quantitative estimate of drug-likeness (QED) is 0.395. The second kappa shape index (κ2) is 9.78. The van der Waals surface area contributed by atoms with Crippen molar-refractivity contribution in [2.75, 3.05) is 11.9 Å². The molecular formula is C24H23FN4O. The van der Waals surface area contributed by atoms with Crippen LogP contribution in [0.25, 0.3) is 11.5 Å². The summed E-state index contributed by atoms with van der Waals surface area (Å²) >= 11 is 0. The van der Waals surface area contributed by atoms with Gasteiger partial charge < -0.3 is 9.73 Å². The van der Waals surface area contributed by atoms with E-state index in [4.69, 9.17) is 4.42 Å². The molecule has 0 atom stereocenters. The standard InChI is InChI=1S/C24H23FN4O/c25-21-10-4-8-19(16-21)11-12-23-28-29-24(30-23)20-13-15-27-22(17-20)26-14-5-9-18-6-2-1-3-7-18/h1-4,6-8,10,13,15-17H,5,9,11-12,14H2,(H,26,27). The molecule has 0 bridgehead atoms. The Morgan fingerprint density at radius 3 is 2.57 bits per heavy atom. The first-order chi connectivity index (χ1) is 14.8. The summed E-state index contributed by atoms with van der Waals surface area (Å²) in [5, 5.41) is 11.6. The molecule has 6 heteroatoms. The number of aryl methyl sites for hydroxylation is 3. The van der Waals surface area contributed by atoms with Gasteiger partial charge in [-0.15, -0.1) is 10.2 Å². The third kappa shape index (κ3) is 5.50. The molecule has 0 aliphatic heterocycles. The Morgan fingerprint density at radius 1 is 0.833 bits per heavy atom. The summed E-state index contributed by atoms with van der Waals surface area (Å²) in [6, 6.07) is 20.7. The fraction of sp³-hybridized carbons (Fsp3) is 0.208. The van der Waals surface area contributed by atoms with Gasteiger partial charge in [0.25, 0.3) is 0 Å². The third-order valence-electron chi connectivity index (χ3n) is 4.78. The highest BCUT2D eigenvalue weighted by atomic mass is 19.1. The Labute approximate surface area is 175 Å². The predicted molar refractivity (Wildman–Crippen MR) is 115 cm³/mol. The van der Waals surface area contributed by atoms with Gasteiger partial charge in [-0.1, -0.05) is 42.5 Å². The minimum Gasteiger partial charge on any atom is -0.421 e. The molecule has 1 N–H and O–H groups in total. The zero-order chi connectivity index (χ0) is 20.6. The van der Waals surface area contributed by atoms with Crippen LogP contribution in [0.3, 0.4) is 0 Å². The van der Waals surface area contributed by atoms with E-state index in [1.54, 1.807) is 12.3 Å². The Kier molecular flexibility index (Phi) is 6.44. The molecule has 152 valence electrons. The Morgan fingerprint density at radius 2 is 1.70 bits per heavy atom. The summed E-state index contributed by atoms with van der Waals surface area (Å²) in [4.78, 5) is 4.36. The maximum atomic E-state index is 13.3. The first-order valence-electron chi connectivity index (χ1n) is 10.1. The van der Waals surface area contributed by atoms with Crippen molar-refractivity contribution in [2.45, 2.75) is 25.7 Å². The molecule has 0 aliphatic carbocycles. The highest BCUT2D eigenvalue weighted by Gasteiger charge is 2.10. The lowest BCUT2D eigenvalue weighted by Gasteiger charge is -2.06. The van der Waals surface area contributed by atoms with Crippen molar-refractivity contribution in [2.24, 2.45) is 0 Å². The molecule has 4 aromatic rings. The van der Waals surface area contributed by atoms with Gasteiger partial charge in [0, 0.05) is 24.7 Å². The van der Waals surface area contributed by atoms with Crippen LogP contribution in [0.15, 0.2) is 77.3 Å². The largest absolute Gasteiger partial charge is 0.421 e. The molecule has 0 radical (unpaired) electrons. The molecule has 0 unspecified atom stereocenters. The molecule has 0 saturated heterocycles. The van der Waals surface area contributed by atoms with E-state index >= 15 is 0 Å². The van der Waals surface area contributed by atoms with E-state index in [1.807, 2.05) is 24.3 Å². The summed E-state index contributed by atoms with van der Waals surface area (Å²) in [5.41, 5.74) is 3.05. The summed E-state index contributed by atoms with van der Waals surface area (Å²) < 4.78 is 19.1. The van der Waals surface area contributed by atoms with Crippen LogP contribution in [-0.4, -0.2) is 21.7 Å². The number of hydrogen-bond donors (Lipinski definition) is 1. The second-order valence-corrected chi connectivity index (χ2v) is 7.08. The number of hydrogen-bond acceptors (Lipinski definition) is 5. The van der Waals surface area contributed by atoms with Gasteiger partial charge in [-0.25, -0.2) is 9.37 Å². The van der Waals surface area contributed by atoms with Crippen LogP contribution < -0.4 is 5.32 Å². The molecule has 0 spiro atoms. The molecule has 4 rings (SSSR count). The van der Waals surface area contributed by atoms with Gasteiger partial charge in [0.05, 0.1) is 0 Å². The minimum atomic E-state index is -0.237. The molecule has 0 fully saturated rings. The lowest BCUT2D eigenvalue weighted by molar-refractivity contribution is 0.504. The highest BCUT2D eigenvalue weighted by Crippen LogP contribution is 2.20. The number of halogens is 1. The van der Waals surface area contributed by atoms with Gasteiger partial charge in [-0.2, -0.15) is 0 Å². The van der Waals surface area contributed by atoms with E-state index in [9.17, 15) is 4.39 Å². The number of aromatic nitrogens is 3. The molecule has 30 heavy (non-hydrogen) atoms. The number of anilines is 1. The average molecular weight is 402 g/mol. The number of rotatable bonds is 9. The molecular weight excluding hydrogens is 379 g/mol. The van der Waals surface area contributed by atoms with Gasteiger partial charge in [-0.3, -0.25) is 0 Å². The fourth-order valence-corrected chi connectivity index (χ4v) is 3.23. The molecule has 2 aromatic heterocycles. The van der Waals surface area contributed by atoms with Crippen LogP contribution in [0.1, 0.15) is 23.4 Å². The number of benzene rings is 2. The van der Waals surface area contributed by atoms with Crippen molar-refractivity contribution in [3.05, 3.63) is 95.8 Å². The maximum Gasteiger partial charge on any atom is 0.247 e. The van der Waals surface area contributed by atoms with E-state index in [1.165, 1.54) is 17.7 Å². The summed E-state index contributed by atoms with van der Waals surface area (Å²) in [5.74, 6) is 1.53. The van der Waals surface area contributed by atoms with Crippen molar-refractivity contribution >= 4 is 5.82 Å². The Balaban J connectivity index is 1.31. The van der Waals surface area contributed by atoms with E-state index < -0.39 is 0 Å². The van der Waals surface area contributed by atoms with Crippen molar-refractivity contribution in [3.63, 3.8) is 0 Å². The van der Waals surface area contributed by atoms with Crippen molar-refractivity contribution in [1.29, 1.82) is 0 Å². The Hall–Kier alpha value is -3.54. The van der Waals surface area contributed by atoms with Crippen LogP contribution in [0.5, 0.6) is 0 Å². The monoisotopic (exact) mass is 402 g/mol. The number of nitrogens with one attached hydrogen (secondary N) is 1. The van der Waals surface area contributed by atoms with E-state index in [2.05, 4.69) is 44.8 Å². The molecule has 2 aromatic carbocycles. The van der Waals surface area contributed by atoms with E-state index in [0.29, 0.717) is 24.6 Å². The van der Waals surface area contributed by atoms with Crippen molar-refractivity contribution < 1.29 is 8.81 Å². The highest BCUT2D eigenvalue weighted by molar-refractivity contribution is 5.57. The number of pyridine rings is 1. The third-order valence-corrected chi connectivity index (χ3v) is 4.78. The summed E-state index contributed by atoms with van der Waals surface area (Å²) in [6.07, 6.45) is 4.97. The fourth-order valence-electron chi connectivity index (χ4n) is 3.23. The van der Waals surface area contributed by atoms with Crippen molar-refractivity contribution in [1.82, 2.24) is 15.2 Å². The lowest BCUT2D eigenvalue weighted by Crippen LogP contribution is -2.04. The smallest absolute Gasteiger partial charge is 0.247 e. The van der Waals surface area contributed by atoms with Gasteiger partial charge in [0.15, 0.2) is 0 Å². The van der Waals surface area contributed by atoms with Crippen LogP contribution in [-0.2, 0) is 19.3 Å². The topological polar surface area (TPSA) is 63.8 Å². The average Bonchev–Trinajstić information content (AvgIpc) is 3.26. The SMILES string of the molecule is Fc1cccc(CCc2nnc(-c3ccnc(NCCCc4ccccc4)c3)o2)c1. The van der Waals surface area contributed by atoms with E-state index in [0.717, 1.165) is 36.3 Å². The summed E-state index contributed by atoms with van der Waals surface area (Å²) in [6.45, 7) is 0.827. The summed E-state index contributed by atoms with van der Waals surface area (Å²) in [7, 11) is 0. The van der Waals surface area contributed by atoms with Crippen LogP contribution in [0.4, 0.5) is 10.2 Å². The molecule has 0 amide bonds. The van der Waals surface area contributed by atoms with Gasteiger partial charge >= 0.3 is 0 Å². The molecule has 0 aliphatic rings. The number of nitrogens with zero attached hydrogens (tertiary/aromatic N) is 3. The zero-order valence-electron chi connectivity index (χ0n) is 16.6. The van der Waals surface area contributed by atoms with Crippen LogP contribution >= 0.6 is 0 Å². The van der Waals surface area contributed by atoms with Crippen LogP contribution in [0, 0.1) is 5.82 Å². The predicted octanol–water partition coefficient (Wildman–Crippen LogP) is 5.10. The maximum absolute atomic E-state index is 13.3. The zero-order valence-corrected chi connectivity index (χ0v) is 16.6. The Bertz CT molecular complexity index is 1080. The lowest BCUT2D eigenvalue weighted by atomic mass is 10.1. The first kappa shape index (κ1) is 19.8. The van der Waals surface area contributed by atoms with Crippen LogP contribution in [0.2, 0.25) is 0 Å². The first-order valence-corrected chi connectivity index (χ1v) is 10.1.